The van der Waals surface area contributed by atoms with Gasteiger partial charge in [0.1, 0.15) is 11.8 Å². The van der Waals surface area contributed by atoms with Crippen molar-refractivity contribution in [3.8, 4) is 17.2 Å². The molecule has 0 saturated carbocycles. The first kappa shape index (κ1) is 23.2. The summed E-state index contributed by atoms with van der Waals surface area (Å²) in [4.78, 5) is 24.5. The van der Waals surface area contributed by atoms with Crippen LogP contribution in [0.5, 0.6) is 17.2 Å². The van der Waals surface area contributed by atoms with Crippen LogP contribution in [-0.4, -0.2) is 41.5 Å². The van der Waals surface area contributed by atoms with E-state index in [2.05, 4.69) is 0 Å². The lowest BCUT2D eigenvalue weighted by atomic mass is 10.0. The van der Waals surface area contributed by atoms with Crippen molar-refractivity contribution in [2.75, 3.05) is 13.4 Å². The summed E-state index contributed by atoms with van der Waals surface area (Å²) in [6.07, 6.45) is 0.822. The van der Waals surface area contributed by atoms with Crippen LogP contribution in [0.2, 0.25) is 0 Å². The van der Waals surface area contributed by atoms with Gasteiger partial charge < -0.3 is 19.9 Å². The van der Waals surface area contributed by atoms with Crippen LogP contribution < -0.4 is 15.2 Å². The molecule has 0 aliphatic heterocycles. The Morgan fingerprint density at radius 3 is 2.43 bits per heavy atom. The number of nitrogens with two attached hydrogens (primary N) is 1. The Morgan fingerprint density at radius 1 is 1.13 bits per heavy atom. The summed E-state index contributed by atoms with van der Waals surface area (Å²) in [5.41, 5.74) is 6.04. The Balaban J connectivity index is 2.38. The van der Waals surface area contributed by atoms with E-state index in [0.717, 1.165) is 0 Å². The van der Waals surface area contributed by atoms with Crippen LogP contribution in [0.25, 0.3) is 0 Å². The molecule has 0 aromatic heterocycles. The van der Waals surface area contributed by atoms with Crippen LogP contribution in [0.15, 0.2) is 42.5 Å². The predicted molar refractivity (Wildman–Crippen MR) is 111 cm³/mol. The highest BCUT2D eigenvalue weighted by Gasteiger charge is 2.29. The molecule has 162 valence electrons. The molecule has 30 heavy (non-hydrogen) atoms. The predicted octanol–water partition coefficient (Wildman–Crippen LogP) is 3.65. The van der Waals surface area contributed by atoms with Crippen LogP contribution in [0.4, 0.5) is 0 Å². The van der Waals surface area contributed by atoms with Crippen LogP contribution >= 0.6 is 0 Å². The maximum atomic E-state index is 12.9. The molecule has 0 bridgehead atoms. The van der Waals surface area contributed by atoms with Crippen LogP contribution in [0.3, 0.4) is 0 Å². The molecule has 0 aliphatic carbocycles. The number of carbonyl (C=O) groups is 2. The second-order valence-corrected chi connectivity index (χ2v) is 6.64. The topological polar surface area (TPSA) is 111 Å². The fourth-order valence-corrected chi connectivity index (χ4v) is 2.81. The molecule has 0 saturated heterocycles. The molecule has 2 rings (SSSR count). The normalized spacial score (nSPS) is 11.6. The number of benzene rings is 2. The lowest BCUT2D eigenvalue weighted by Crippen LogP contribution is -2.46. The van der Waals surface area contributed by atoms with Gasteiger partial charge in [-0.1, -0.05) is 31.5 Å². The quantitative estimate of drug-likeness (QED) is 0.250. The second kappa shape index (κ2) is 11.2. The van der Waals surface area contributed by atoms with Crippen molar-refractivity contribution < 1.29 is 29.0 Å². The van der Waals surface area contributed by atoms with Gasteiger partial charge in [-0.05, 0) is 50.1 Å². The highest BCUT2D eigenvalue weighted by atomic mass is 16.7. The van der Waals surface area contributed by atoms with Crippen molar-refractivity contribution in [1.29, 1.82) is 0 Å². The first-order valence-electron chi connectivity index (χ1n) is 9.78. The summed E-state index contributed by atoms with van der Waals surface area (Å²) >= 11 is 0. The van der Waals surface area contributed by atoms with E-state index in [1.54, 1.807) is 25.1 Å². The number of amides is 2. The molecule has 0 fully saturated rings. The number of nitrogens with zero attached hydrogens (tertiary/aromatic N) is 1. The van der Waals surface area contributed by atoms with Crippen molar-refractivity contribution in [2.24, 2.45) is 5.73 Å². The van der Waals surface area contributed by atoms with E-state index in [4.69, 9.17) is 19.9 Å². The van der Waals surface area contributed by atoms with Crippen LogP contribution in [0.1, 0.15) is 42.6 Å². The molecule has 8 heteroatoms. The van der Waals surface area contributed by atoms with Gasteiger partial charge in [0.15, 0.2) is 18.3 Å². The monoisotopic (exact) mass is 416 g/mol. The summed E-state index contributed by atoms with van der Waals surface area (Å²) < 4.78 is 16.8. The number of primary amides is 1. The van der Waals surface area contributed by atoms with Gasteiger partial charge in [-0.25, -0.2) is 5.06 Å². The average molecular weight is 416 g/mol. The third-order valence-corrected chi connectivity index (χ3v) is 4.39. The van der Waals surface area contributed by atoms with Crippen molar-refractivity contribution in [2.45, 2.75) is 39.7 Å². The minimum atomic E-state index is -1.12. The molecular weight excluding hydrogens is 388 g/mol. The van der Waals surface area contributed by atoms with E-state index in [1.165, 1.54) is 6.07 Å². The zero-order valence-corrected chi connectivity index (χ0v) is 17.5. The van der Waals surface area contributed by atoms with Crippen LogP contribution in [0, 0.1) is 6.92 Å². The van der Waals surface area contributed by atoms with Gasteiger partial charge in [0.2, 0.25) is 5.91 Å². The summed E-state index contributed by atoms with van der Waals surface area (Å²) in [6, 6.07) is 11.1. The summed E-state index contributed by atoms with van der Waals surface area (Å²) in [5.74, 6) is -0.280. The molecule has 0 spiro atoms. The van der Waals surface area contributed by atoms with Gasteiger partial charge >= 0.3 is 0 Å². The van der Waals surface area contributed by atoms with Crippen molar-refractivity contribution >= 4 is 11.8 Å². The second-order valence-electron chi connectivity index (χ2n) is 6.64. The highest BCUT2D eigenvalue weighted by Crippen LogP contribution is 2.35. The first-order chi connectivity index (χ1) is 14.4. The van der Waals surface area contributed by atoms with Gasteiger partial charge in [-0.15, -0.1) is 0 Å². The van der Waals surface area contributed by atoms with Gasteiger partial charge in [0.05, 0.1) is 0 Å². The number of hydrogen-bond acceptors (Lipinski definition) is 6. The van der Waals surface area contributed by atoms with E-state index in [-0.39, 0.29) is 24.5 Å². The third kappa shape index (κ3) is 5.95. The van der Waals surface area contributed by atoms with E-state index in [0.29, 0.717) is 35.2 Å². The molecule has 2 aromatic rings. The molecule has 3 N–H and O–H groups in total. The number of para-hydroxylation sites is 1. The molecule has 0 heterocycles. The Labute approximate surface area is 176 Å². The van der Waals surface area contributed by atoms with E-state index in [9.17, 15) is 14.8 Å². The molecule has 1 atom stereocenters. The van der Waals surface area contributed by atoms with Crippen molar-refractivity contribution in [3.05, 3.63) is 53.6 Å². The van der Waals surface area contributed by atoms with E-state index < -0.39 is 17.9 Å². The number of aryl methyl sites for hydroxylation is 1. The number of rotatable bonds is 11. The zero-order chi connectivity index (χ0) is 22.1. The van der Waals surface area contributed by atoms with Gasteiger partial charge in [-0.2, -0.15) is 0 Å². The van der Waals surface area contributed by atoms with Crippen molar-refractivity contribution in [1.82, 2.24) is 5.06 Å². The minimum absolute atomic E-state index is 0.0407. The Kier molecular flexibility index (Phi) is 8.64. The SMILES string of the molecule is CCC[C@@H](C(N)=O)N(O)C(=O)c1cc(OCOCC)c(Oc2ccccc2)cc1C. The lowest BCUT2D eigenvalue weighted by molar-refractivity contribution is -0.139. The smallest absolute Gasteiger partial charge is 0.278 e. The Morgan fingerprint density at radius 2 is 1.83 bits per heavy atom. The van der Waals surface area contributed by atoms with E-state index >= 15 is 0 Å². The Bertz CT molecular complexity index is 856. The molecule has 0 radical (unpaired) electrons. The molecule has 2 amide bonds. The molecule has 2 aromatic carbocycles. The minimum Gasteiger partial charge on any atom is -0.464 e. The molecular formula is C22H28N2O6. The molecule has 0 unspecified atom stereocenters. The van der Waals surface area contributed by atoms with E-state index in [1.807, 2.05) is 32.0 Å². The number of hydroxylamine groups is 2. The summed E-state index contributed by atoms with van der Waals surface area (Å²) in [7, 11) is 0. The fourth-order valence-electron chi connectivity index (χ4n) is 2.81. The number of carbonyl (C=O) groups excluding carboxylic acids is 2. The lowest BCUT2D eigenvalue weighted by Gasteiger charge is -2.24. The number of hydrogen-bond donors (Lipinski definition) is 2. The number of ether oxygens (including phenoxy) is 3. The maximum absolute atomic E-state index is 12.9. The van der Waals surface area contributed by atoms with Crippen molar-refractivity contribution in [3.63, 3.8) is 0 Å². The summed E-state index contributed by atoms with van der Waals surface area (Å²) in [6.45, 7) is 5.77. The Hall–Kier alpha value is -3.10. The van der Waals surface area contributed by atoms with Gasteiger partial charge in [-0.3, -0.25) is 14.8 Å². The highest BCUT2D eigenvalue weighted by molar-refractivity contribution is 5.98. The maximum Gasteiger partial charge on any atom is 0.278 e. The van der Waals surface area contributed by atoms with Gasteiger partial charge in [0.25, 0.3) is 5.91 Å². The standard InChI is InChI=1S/C22H28N2O6/c1-4-9-18(21(23)25)24(27)22(26)17-13-19(29-14-28-5-2)20(12-15(17)3)30-16-10-7-6-8-11-16/h6-8,10-13,18,27H,4-5,9,14H2,1-3H3,(H2,23,25)/t18-/m0/s1. The summed E-state index contributed by atoms with van der Waals surface area (Å²) in [5, 5.41) is 10.7. The fraction of sp³-hybridized carbons (Fsp3) is 0.364. The molecule has 0 aliphatic rings. The van der Waals surface area contributed by atoms with Crippen LogP contribution in [-0.2, 0) is 9.53 Å². The van der Waals surface area contributed by atoms with Gasteiger partial charge in [0, 0.05) is 12.2 Å². The first-order valence-corrected chi connectivity index (χ1v) is 9.78. The molecule has 8 nitrogen and oxygen atoms in total. The largest absolute Gasteiger partial charge is 0.464 e. The average Bonchev–Trinajstić information content (AvgIpc) is 2.73. The third-order valence-electron chi connectivity index (χ3n) is 4.39. The zero-order valence-electron chi connectivity index (χ0n) is 17.5.